The van der Waals surface area contributed by atoms with E-state index in [4.69, 9.17) is 5.73 Å². The van der Waals surface area contributed by atoms with E-state index < -0.39 is 18.1 Å². The number of nitrogens with zero attached hydrogens (tertiary/aromatic N) is 1. The van der Waals surface area contributed by atoms with Crippen molar-refractivity contribution in [1.82, 2.24) is 5.32 Å². The molecule has 2 aromatic rings. The molecule has 2 aromatic carbocycles. The van der Waals surface area contributed by atoms with Crippen molar-refractivity contribution >= 4 is 46.6 Å². The van der Waals surface area contributed by atoms with Crippen molar-refractivity contribution in [2.75, 3.05) is 11.1 Å². The van der Waals surface area contributed by atoms with Crippen LogP contribution in [0.3, 0.4) is 0 Å². The molecule has 0 fully saturated rings. The Labute approximate surface area is 276 Å². The maximum atomic E-state index is 11.9. The molecule has 2 amide bonds. The number of anilines is 2. The first kappa shape index (κ1) is 46.0. The molecule has 2 rings (SSSR count). The van der Waals surface area contributed by atoms with E-state index in [0.717, 1.165) is 18.5 Å². The molecule has 0 spiro atoms. The summed E-state index contributed by atoms with van der Waals surface area (Å²) in [7, 11) is 0. The minimum absolute atomic E-state index is 0.00128. The molecule has 2 unspecified atom stereocenters. The van der Waals surface area contributed by atoms with Crippen molar-refractivity contribution in [2.45, 2.75) is 120 Å². The molecule has 0 saturated carbocycles. The second-order valence-corrected chi connectivity index (χ2v) is 9.74. The Bertz CT molecular complexity index is 1200. The van der Waals surface area contributed by atoms with Gasteiger partial charge in [0.1, 0.15) is 17.6 Å². The topological polar surface area (TPSA) is 165 Å². The highest BCUT2D eigenvalue weighted by Gasteiger charge is 2.17. The highest BCUT2D eigenvalue weighted by atomic mass is 16.2. The monoisotopic (exact) mass is 640 g/mol. The van der Waals surface area contributed by atoms with Gasteiger partial charge in [-0.05, 0) is 88.8 Å². The average Bonchev–Trinajstić information content (AvgIpc) is 3.04. The van der Waals surface area contributed by atoms with Gasteiger partial charge in [0.2, 0.25) is 6.08 Å². The van der Waals surface area contributed by atoms with E-state index in [1.165, 1.54) is 44.9 Å². The number of ketones is 4. The highest BCUT2D eigenvalue weighted by Crippen LogP contribution is 2.10. The van der Waals surface area contributed by atoms with Gasteiger partial charge in [-0.25, -0.2) is 9.59 Å². The Morgan fingerprint density at radius 3 is 1.52 bits per heavy atom. The third kappa shape index (κ3) is 25.0. The number of carbonyl (C=O) groups is 5. The summed E-state index contributed by atoms with van der Waals surface area (Å²) in [5.74, 6) is -0.381. The molecule has 0 radical (unpaired) electrons. The Morgan fingerprint density at radius 2 is 1.15 bits per heavy atom. The smallest absolute Gasteiger partial charge is 0.319 e. The number of carbonyl (C=O) groups excluding carboxylic acids is 6. The standard InChI is InChI=1S/C16H22N2O3.C8H11NO3.C8H11N.2C2H6/c1-4-13-6-8-14(9-7-13)17-16(21)18-15(12(3)20)10-5-11(2)19;1-6(11)3-4-8(7(2)12)9-5-10;1-2-7-3-5-8(9)6-4-7;2*1-2/h6-9,15H,4-5,10H2,1-3H3,(H2,17,18,21);8H,3-4H2,1-2H3;3-6H,2,9H2,1H3;2*1-2H3. The summed E-state index contributed by atoms with van der Waals surface area (Å²) >= 11 is 0. The summed E-state index contributed by atoms with van der Waals surface area (Å²) in [4.78, 5) is 68.7. The summed E-state index contributed by atoms with van der Waals surface area (Å²) in [6, 6.07) is 13.7. The van der Waals surface area contributed by atoms with E-state index in [-0.39, 0.29) is 36.0 Å². The molecular formula is C36H56N4O6. The quantitative estimate of drug-likeness (QED) is 0.118. The Hall–Kier alpha value is -4.43. The van der Waals surface area contributed by atoms with Crippen LogP contribution in [0.25, 0.3) is 0 Å². The lowest BCUT2D eigenvalue weighted by Crippen LogP contribution is -2.42. The van der Waals surface area contributed by atoms with E-state index >= 15 is 0 Å². The second kappa shape index (κ2) is 29.3. The number of nitrogens with two attached hydrogens (primary N) is 1. The van der Waals surface area contributed by atoms with Crippen LogP contribution in [0.1, 0.15) is 106 Å². The van der Waals surface area contributed by atoms with E-state index in [1.807, 2.05) is 64.1 Å². The fraction of sp³-hybridized carbons (Fsp3) is 0.500. The highest BCUT2D eigenvalue weighted by molar-refractivity contribution is 5.94. The van der Waals surface area contributed by atoms with Gasteiger partial charge < -0.3 is 26.0 Å². The first-order valence-corrected chi connectivity index (χ1v) is 15.9. The van der Waals surface area contributed by atoms with Crippen LogP contribution in [0.15, 0.2) is 53.5 Å². The fourth-order valence-electron chi connectivity index (χ4n) is 3.39. The molecule has 256 valence electrons. The van der Waals surface area contributed by atoms with Gasteiger partial charge in [-0.15, -0.1) is 0 Å². The molecule has 46 heavy (non-hydrogen) atoms. The van der Waals surface area contributed by atoms with Gasteiger partial charge in [0.25, 0.3) is 0 Å². The lowest BCUT2D eigenvalue weighted by atomic mass is 10.1. The minimum atomic E-state index is -0.689. The minimum Gasteiger partial charge on any atom is -0.399 e. The third-order valence-corrected chi connectivity index (χ3v) is 6.04. The van der Waals surface area contributed by atoms with Gasteiger partial charge in [0.05, 0.1) is 6.04 Å². The zero-order valence-corrected chi connectivity index (χ0v) is 29.5. The molecule has 0 saturated heterocycles. The van der Waals surface area contributed by atoms with Gasteiger partial charge >= 0.3 is 6.03 Å². The number of nitrogens with one attached hydrogen (secondary N) is 2. The number of rotatable bonds is 13. The molecule has 0 aromatic heterocycles. The lowest BCUT2D eigenvalue weighted by molar-refractivity contribution is -0.121. The Kier molecular flexibility index (Phi) is 29.3. The number of benzene rings is 2. The summed E-state index contributed by atoms with van der Waals surface area (Å²) in [5, 5.41) is 5.28. The van der Waals surface area contributed by atoms with Crippen molar-refractivity contribution in [3.63, 3.8) is 0 Å². The van der Waals surface area contributed by atoms with Crippen LogP contribution in [0.5, 0.6) is 0 Å². The van der Waals surface area contributed by atoms with E-state index in [9.17, 15) is 28.8 Å². The predicted molar refractivity (Wildman–Crippen MR) is 188 cm³/mol. The van der Waals surface area contributed by atoms with Crippen LogP contribution in [-0.4, -0.2) is 47.3 Å². The number of Topliss-reactive ketones (excluding diaryl/α,β-unsaturated/α-hetero) is 4. The number of isocyanates is 1. The Morgan fingerprint density at radius 1 is 0.717 bits per heavy atom. The first-order valence-electron chi connectivity index (χ1n) is 15.9. The van der Waals surface area contributed by atoms with Crippen LogP contribution < -0.4 is 16.4 Å². The molecule has 2 atom stereocenters. The van der Waals surface area contributed by atoms with Gasteiger partial charge in [0, 0.05) is 24.2 Å². The van der Waals surface area contributed by atoms with Crippen molar-refractivity contribution in [2.24, 2.45) is 4.99 Å². The lowest BCUT2D eigenvalue weighted by Gasteiger charge is -2.16. The third-order valence-electron chi connectivity index (χ3n) is 6.04. The summed E-state index contributed by atoms with van der Waals surface area (Å²) < 4.78 is 0. The van der Waals surface area contributed by atoms with Gasteiger partial charge in [0.15, 0.2) is 11.6 Å². The molecular weight excluding hydrogens is 584 g/mol. The Balaban J connectivity index is -0.000000624. The normalized spacial score (nSPS) is 10.4. The summed E-state index contributed by atoms with van der Waals surface area (Å²) in [5.41, 5.74) is 9.51. The molecule has 0 aliphatic carbocycles. The van der Waals surface area contributed by atoms with E-state index in [1.54, 1.807) is 0 Å². The number of hydrogen-bond donors (Lipinski definition) is 3. The first-order chi connectivity index (χ1) is 21.8. The van der Waals surface area contributed by atoms with Crippen LogP contribution >= 0.6 is 0 Å². The number of amides is 2. The van der Waals surface area contributed by atoms with E-state index in [2.05, 4.69) is 41.6 Å². The van der Waals surface area contributed by atoms with Crippen LogP contribution in [0.2, 0.25) is 0 Å². The van der Waals surface area contributed by atoms with Crippen LogP contribution in [0.4, 0.5) is 16.2 Å². The van der Waals surface area contributed by atoms with E-state index in [0.29, 0.717) is 18.5 Å². The molecule has 0 heterocycles. The zero-order chi connectivity index (χ0) is 36.1. The zero-order valence-electron chi connectivity index (χ0n) is 29.5. The predicted octanol–water partition coefficient (Wildman–Crippen LogP) is 7.23. The maximum absolute atomic E-state index is 11.9. The molecule has 0 bridgehead atoms. The maximum Gasteiger partial charge on any atom is 0.319 e. The van der Waals surface area contributed by atoms with Crippen molar-refractivity contribution < 1.29 is 28.8 Å². The van der Waals surface area contributed by atoms with Gasteiger partial charge in [-0.1, -0.05) is 65.8 Å². The number of nitrogen functional groups attached to an aromatic ring is 1. The van der Waals surface area contributed by atoms with Gasteiger partial charge in [-0.2, -0.15) is 4.99 Å². The van der Waals surface area contributed by atoms with Crippen LogP contribution in [0, 0.1) is 0 Å². The van der Waals surface area contributed by atoms with Gasteiger partial charge in [-0.3, -0.25) is 9.59 Å². The number of aliphatic imine (C=N–C) groups is 1. The number of urea groups is 1. The molecule has 10 heteroatoms. The molecule has 0 aliphatic rings. The SMILES string of the molecule is CC.CC.CC(=O)CCC(N=C=O)C(C)=O.CCc1ccc(N)cc1.CCc1ccc(NC(=O)NC(CCC(C)=O)C(C)=O)cc1. The molecule has 0 aliphatic heterocycles. The van der Waals surface area contributed by atoms with Crippen LogP contribution in [-0.2, 0) is 36.8 Å². The van der Waals surface area contributed by atoms with Crippen molar-refractivity contribution in [3.05, 3.63) is 59.7 Å². The summed E-state index contributed by atoms with van der Waals surface area (Å²) in [6.45, 7) is 17.8. The summed E-state index contributed by atoms with van der Waals surface area (Å²) in [6.07, 6.45) is 4.51. The fourth-order valence-corrected chi connectivity index (χ4v) is 3.39. The number of aryl methyl sites for hydroxylation is 2. The number of hydrogen-bond acceptors (Lipinski definition) is 8. The molecule has 4 N–H and O–H groups in total. The van der Waals surface area contributed by atoms with Crippen molar-refractivity contribution in [1.29, 1.82) is 0 Å². The average molecular weight is 641 g/mol. The van der Waals surface area contributed by atoms with Crippen molar-refractivity contribution in [3.8, 4) is 0 Å². The second-order valence-electron chi connectivity index (χ2n) is 9.74. The largest absolute Gasteiger partial charge is 0.399 e. The molecule has 10 nitrogen and oxygen atoms in total.